The Kier molecular flexibility index (Phi) is 5.42. The molecule has 4 nitrogen and oxygen atoms in total. The normalized spacial score (nSPS) is 18.7. The predicted molar refractivity (Wildman–Crippen MR) is 86.4 cm³/mol. The Morgan fingerprint density at radius 2 is 2.19 bits per heavy atom. The molecular weight excluding hydrogens is 334 g/mol. The van der Waals surface area contributed by atoms with Crippen molar-refractivity contribution in [3.8, 4) is 5.75 Å². The number of rotatable bonds is 5. The Bertz CT molecular complexity index is 556. The van der Waals surface area contributed by atoms with E-state index in [0.717, 1.165) is 22.6 Å². The highest BCUT2D eigenvalue weighted by atomic mass is 79.9. The first-order valence-corrected chi connectivity index (χ1v) is 7.88. The van der Waals surface area contributed by atoms with Crippen LogP contribution < -0.4 is 4.74 Å². The molecule has 1 aromatic carbocycles. The van der Waals surface area contributed by atoms with Crippen LogP contribution in [0.3, 0.4) is 0 Å². The zero-order chi connectivity index (χ0) is 15.4. The second-order valence-electron chi connectivity index (χ2n) is 4.90. The lowest BCUT2D eigenvalue weighted by Gasteiger charge is -2.31. The smallest absolute Gasteiger partial charge is 0.241 e. The summed E-state index contributed by atoms with van der Waals surface area (Å²) in [7, 11) is 1.59. The summed E-state index contributed by atoms with van der Waals surface area (Å²) < 4.78 is 10.3. The minimum atomic E-state index is -0.120. The molecule has 1 amide bonds. The zero-order valence-electron chi connectivity index (χ0n) is 12.6. The second-order valence-corrected chi connectivity index (χ2v) is 6.01. The van der Waals surface area contributed by atoms with Gasteiger partial charge in [0.1, 0.15) is 5.75 Å². The van der Waals surface area contributed by atoms with Crippen LogP contribution in [0.5, 0.6) is 5.75 Å². The number of amides is 1. The van der Waals surface area contributed by atoms with Crippen molar-refractivity contribution in [3.63, 3.8) is 0 Å². The number of halogens is 1. The average Bonchev–Trinajstić information content (AvgIpc) is 2.48. The molecule has 21 heavy (non-hydrogen) atoms. The van der Waals surface area contributed by atoms with Crippen molar-refractivity contribution in [3.05, 3.63) is 35.4 Å². The van der Waals surface area contributed by atoms with Crippen molar-refractivity contribution in [1.82, 2.24) is 4.90 Å². The van der Waals surface area contributed by atoms with E-state index in [4.69, 9.17) is 9.47 Å². The number of methoxy groups -OCH3 is 1. The molecule has 0 spiro atoms. The summed E-state index contributed by atoms with van der Waals surface area (Å²) in [6.07, 6.45) is 2.83. The van der Waals surface area contributed by atoms with Gasteiger partial charge in [-0.25, -0.2) is 0 Å². The molecule has 2 rings (SSSR count). The van der Waals surface area contributed by atoms with E-state index in [1.165, 1.54) is 0 Å². The Morgan fingerprint density at radius 3 is 2.81 bits per heavy atom. The van der Waals surface area contributed by atoms with Crippen molar-refractivity contribution in [2.45, 2.75) is 25.1 Å². The average molecular weight is 354 g/mol. The standard InChI is InChI=1S/C16H20BrNO3/c1-4-18-15(8-7-14(17)16(18)19)13-6-5-12(9-11(13)2)21-10-20-3/h5-6,8-9,14H,4,7,10H2,1-3H3. The summed E-state index contributed by atoms with van der Waals surface area (Å²) in [5, 5.41) is 0. The number of benzene rings is 1. The van der Waals surface area contributed by atoms with Crippen molar-refractivity contribution in [2.75, 3.05) is 20.4 Å². The molecular formula is C16H20BrNO3. The van der Waals surface area contributed by atoms with Crippen LogP contribution in [0.4, 0.5) is 0 Å². The van der Waals surface area contributed by atoms with Gasteiger partial charge in [-0.05, 0) is 44.0 Å². The van der Waals surface area contributed by atoms with E-state index in [1.807, 2.05) is 36.9 Å². The largest absolute Gasteiger partial charge is 0.468 e. The predicted octanol–water partition coefficient (Wildman–Crippen LogP) is 3.33. The summed E-state index contributed by atoms with van der Waals surface area (Å²) in [6.45, 7) is 4.90. The highest BCUT2D eigenvalue weighted by Crippen LogP contribution is 2.31. The van der Waals surface area contributed by atoms with Crippen LogP contribution in [0.15, 0.2) is 24.3 Å². The van der Waals surface area contributed by atoms with Crippen LogP contribution in [0.1, 0.15) is 24.5 Å². The monoisotopic (exact) mass is 353 g/mol. The fourth-order valence-corrected chi connectivity index (χ4v) is 2.87. The van der Waals surface area contributed by atoms with Gasteiger partial charge in [0.05, 0.1) is 4.83 Å². The molecule has 0 saturated carbocycles. The summed E-state index contributed by atoms with van der Waals surface area (Å²) >= 11 is 3.42. The topological polar surface area (TPSA) is 38.8 Å². The highest BCUT2D eigenvalue weighted by molar-refractivity contribution is 9.10. The Morgan fingerprint density at radius 1 is 1.43 bits per heavy atom. The Balaban J connectivity index is 2.30. The number of nitrogens with zero attached hydrogens (tertiary/aromatic N) is 1. The molecule has 1 atom stereocenters. The zero-order valence-corrected chi connectivity index (χ0v) is 14.1. The number of carbonyl (C=O) groups excluding carboxylic acids is 1. The van der Waals surface area contributed by atoms with Crippen molar-refractivity contribution < 1.29 is 14.3 Å². The molecule has 1 aliphatic heterocycles. The lowest BCUT2D eigenvalue weighted by Crippen LogP contribution is -2.38. The molecule has 0 N–H and O–H groups in total. The second kappa shape index (κ2) is 7.09. The van der Waals surface area contributed by atoms with Crippen LogP contribution in [0.25, 0.3) is 5.70 Å². The summed E-state index contributed by atoms with van der Waals surface area (Å²) in [6, 6.07) is 5.87. The molecule has 114 valence electrons. The number of alkyl halides is 1. The molecule has 0 radical (unpaired) electrons. The lowest BCUT2D eigenvalue weighted by atomic mass is 10.00. The van der Waals surface area contributed by atoms with Gasteiger partial charge in [0.2, 0.25) is 5.91 Å². The van der Waals surface area contributed by atoms with E-state index >= 15 is 0 Å². The molecule has 5 heteroatoms. The molecule has 1 unspecified atom stereocenters. The molecule has 1 heterocycles. The fourth-order valence-electron chi connectivity index (χ4n) is 2.44. The van der Waals surface area contributed by atoms with E-state index in [-0.39, 0.29) is 17.5 Å². The van der Waals surface area contributed by atoms with Crippen LogP contribution in [0, 0.1) is 6.92 Å². The fraction of sp³-hybridized carbons (Fsp3) is 0.438. The Labute approximate surface area is 133 Å². The summed E-state index contributed by atoms with van der Waals surface area (Å²) in [4.78, 5) is 14.0. The number of ether oxygens (including phenoxy) is 2. The molecule has 1 aliphatic rings. The lowest BCUT2D eigenvalue weighted by molar-refractivity contribution is -0.127. The van der Waals surface area contributed by atoms with Crippen LogP contribution >= 0.6 is 15.9 Å². The maximum atomic E-state index is 12.3. The van der Waals surface area contributed by atoms with Crippen LogP contribution in [-0.4, -0.2) is 36.1 Å². The maximum absolute atomic E-state index is 12.3. The molecule has 0 saturated heterocycles. The van der Waals surface area contributed by atoms with E-state index in [2.05, 4.69) is 22.0 Å². The minimum absolute atomic E-state index is 0.120. The molecule has 1 aromatic rings. The van der Waals surface area contributed by atoms with Gasteiger partial charge in [0.15, 0.2) is 6.79 Å². The maximum Gasteiger partial charge on any atom is 0.241 e. The van der Waals surface area contributed by atoms with Gasteiger partial charge >= 0.3 is 0 Å². The number of hydrogen-bond donors (Lipinski definition) is 0. The quantitative estimate of drug-likeness (QED) is 0.601. The van der Waals surface area contributed by atoms with Crippen LogP contribution in [-0.2, 0) is 9.53 Å². The molecule has 0 aliphatic carbocycles. The molecule has 0 bridgehead atoms. The first-order chi connectivity index (χ1) is 10.1. The Hall–Kier alpha value is -1.33. The van der Waals surface area contributed by atoms with Crippen LogP contribution in [0.2, 0.25) is 0 Å². The number of allylic oxidation sites excluding steroid dienone is 1. The van der Waals surface area contributed by atoms with Crippen molar-refractivity contribution in [1.29, 1.82) is 0 Å². The van der Waals surface area contributed by atoms with Gasteiger partial charge in [-0.1, -0.05) is 22.0 Å². The summed E-state index contributed by atoms with van der Waals surface area (Å²) in [5.41, 5.74) is 3.12. The van der Waals surface area contributed by atoms with Crippen molar-refractivity contribution in [2.24, 2.45) is 0 Å². The van der Waals surface area contributed by atoms with Gasteiger partial charge in [-0.2, -0.15) is 0 Å². The third-order valence-corrected chi connectivity index (χ3v) is 4.24. The molecule has 0 fully saturated rings. The highest BCUT2D eigenvalue weighted by Gasteiger charge is 2.28. The number of carbonyl (C=O) groups is 1. The van der Waals surface area contributed by atoms with Gasteiger partial charge in [-0.3, -0.25) is 4.79 Å². The first-order valence-electron chi connectivity index (χ1n) is 6.96. The van der Waals surface area contributed by atoms with E-state index < -0.39 is 0 Å². The number of aryl methyl sites for hydroxylation is 1. The van der Waals surface area contributed by atoms with E-state index in [0.29, 0.717) is 13.0 Å². The first kappa shape index (κ1) is 16.0. The van der Waals surface area contributed by atoms with Crippen molar-refractivity contribution >= 4 is 27.5 Å². The van der Waals surface area contributed by atoms with Gasteiger partial charge < -0.3 is 14.4 Å². The van der Waals surface area contributed by atoms with E-state index in [9.17, 15) is 4.79 Å². The van der Waals surface area contributed by atoms with Gasteiger partial charge in [-0.15, -0.1) is 0 Å². The third kappa shape index (κ3) is 3.47. The summed E-state index contributed by atoms with van der Waals surface area (Å²) in [5.74, 6) is 0.886. The molecule has 0 aromatic heterocycles. The van der Waals surface area contributed by atoms with Gasteiger partial charge in [0.25, 0.3) is 0 Å². The SMILES string of the molecule is CCN1C(=O)C(Br)CC=C1c1ccc(OCOC)cc1C. The van der Waals surface area contributed by atoms with E-state index in [1.54, 1.807) is 7.11 Å². The van der Waals surface area contributed by atoms with Gasteiger partial charge in [0, 0.05) is 24.9 Å². The number of hydrogen-bond acceptors (Lipinski definition) is 3. The third-order valence-electron chi connectivity index (χ3n) is 3.48. The minimum Gasteiger partial charge on any atom is -0.468 e.